The molecule has 0 unspecified atom stereocenters. The first-order valence-corrected chi connectivity index (χ1v) is 13.5. The van der Waals surface area contributed by atoms with Crippen LogP contribution in [-0.4, -0.2) is 55.5 Å². The summed E-state index contributed by atoms with van der Waals surface area (Å²) in [6.07, 6.45) is -0.594. The number of aliphatic carboxylic acids is 1. The molecule has 1 saturated heterocycles. The maximum Gasteiger partial charge on any atom is 0.416 e. The molecule has 0 atom stereocenters. The zero-order chi connectivity index (χ0) is 27.9. The van der Waals surface area contributed by atoms with Gasteiger partial charge in [0.05, 0.1) is 11.5 Å². The van der Waals surface area contributed by atoms with E-state index < -0.39 is 17.7 Å². The quantitative estimate of drug-likeness (QED) is 0.419. The number of benzene rings is 1. The van der Waals surface area contributed by atoms with Crippen molar-refractivity contribution in [1.82, 2.24) is 24.8 Å². The molecule has 0 amide bonds. The van der Waals surface area contributed by atoms with E-state index in [4.69, 9.17) is 14.7 Å². The monoisotopic (exact) mass is 545 g/mol. The van der Waals surface area contributed by atoms with E-state index in [0.29, 0.717) is 44.7 Å². The Labute approximate surface area is 225 Å². The number of piperidine rings is 1. The van der Waals surface area contributed by atoms with Gasteiger partial charge < -0.3 is 14.5 Å². The van der Waals surface area contributed by atoms with Crippen molar-refractivity contribution in [2.24, 2.45) is 11.3 Å². The van der Waals surface area contributed by atoms with Crippen molar-refractivity contribution in [1.29, 1.82) is 0 Å². The van der Waals surface area contributed by atoms with Gasteiger partial charge in [0.15, 0.2) is 5.69 Å². The van der Waals surface area contributed by atoms with Crippen molar-refractivity contribution in [3.63, 3.8) is 0 Å². The minimum absolute atomic E-state index is 0.0914. The molecule has 0 bridgehead atoms. The van der Waals surface area contributed by atoms with E-state index in [1.807, 2.05) is 16.5 Å². The molecule has 3 heterocycles. The fourth-order valence-electron chi connectivity index (χ4n) is 5.75. The van der Waals surface area contributed by atoms with E-state index >= 15 is 0 Å². The van der Waals surface area contributed by atoms with Crippen molar-refractivity contribution in [3.05, 3.63) is 40.6 Å². The van der Waals surface area contributed by atoms with E-state index in [1.54, 1.807) is 6.07 Å². The number of aryl methyl sites for hydroxylation is 1. The number of hydrogen-bond acceptors (Lipinski definition) is 6. The molecular formula is C28H34F3N5O3. The minimum atomic E-state index is -4.54. The second-order valence-electron chi connectivity index (χ2n) is 11.4. The highest BCUT2D eigenvalue weighted by atomic mass is 19.4. The number of likely N-dealkylation sites (tertiary alicyclic amines) is 1. The van der Waals surface area contributed by atoms with Crippen LogP contribution in [0, 0.1) is 11.3 Å². The Morgan fingerprint density at radius 3 is 2.64 bits per heavy atom. The van der Waals surface area contributed by atoms with Crippen molar-refractivity contribution in [2.75, 3.05) is 19.6 Å². The summed E-state index contributed by atoms with van der Waals surface area (Å²) in [6.45, 7) is 8.76. The van der Waals surface area contributed by atoms with Crippen LogP contribution in [0.25, 0.3) is 23.0 Å². The van der Waals surface area contributed by atoms with E-state index in [0.717, 1.165) is 36.6 Å². The first kappa shape index (κ1) is 27.4. The van der Waals surface area contributed by atoms with Crippen LogP contribution >= 0.6 is 0 Å². The first-order valence-electron chi connectivity index (χ1n) is 13.5. The summed E-state index contributed by atoms with van der Waals surface area (Å²) in [5.41, 5.74) is 2.70. The van der Waals surface area contributed by atoms with Crippen LogP contribution in [-0.2, 0) is 36.8 Å². The van der Waals surface area contributed by atoms with Crippen LogP contribution in [0.1, 0.15) is 62.4 Å². The Hall–Kier alpha value is -3.21. The van der Waals surface area contributed by atoms with Crippen LogP contribution < -0.4 is 0 Å². The number of rotatable bonds is 7. The SMILES string of the molecule is CCn1nc(-c2nc(-c3ccc(CCN4CCC(C(=O)O)CC4)c(C(F)(F)F)c3)no2)c2c1CC(C)(C)CC2. The Balaban J connectivity index is 1.36. The van der Waals surface area contributed by atoms with Gasteiger partial charge in [0.25, 0.3) is 5.89 Å². The maximum atomic E-state index is 14.1. The van der Waals surface area contributed by atoms with Gasteiger partial charge in [-0.25, -0.2) is 0 Å². The average molecular weight is 546 g/mol. The summed E-state index contributed by atoms with van der Waals surface area (Å²) in [7, 11) is 0. The number of aromatic nitrogens is 4. The van der Waals surface area contributed by atoms with Crippen molar-refractivity contribution >= 4 is 5.97 Å². The maximum absolute atomic E-state index is 14.1. The van der Waals surface area contributed by atoms with E-state index in [9.17, 15) is 18.0 Å². The third-order valence-corrected chi connectivity index (χ3v) is 8.10. The van der Waals surface area contributed by atoms with Gasteiger partial charge in [-0.2, -0.15) is 23.3 Å². The molecule has 1 fully saturated rings. The molecule has 3 aromatic rings. The highest BCUT2D eigenvalue weighted by Crippen LogP contribution is 2.39. The van der Waals surface area contributed by atoms with E-state index in [-0.39, 0.29) is 40.6 Å². The summed E-state index contributed by atoms with van der Waals surface area (Å²) in [6, 6.07) is 4.16. The minimum Gasteiger partial charge on any atom is -0.481 e. The molecule has 11 heteroatoms. The summed E-state index contributed by atoms with van der Waals surface area (Å²) in [4.78, 5) is 17.6. The molecule has 2 aromatic heterocycles. The standard InChI is InChI=1S/C28H34F3N5O3/c1-4-36-22-16-27(2,3)11-7-20(22)23(33-36)25-32-24(34-39-25)19-6-5-17(21(15-19)28(29,30)31)8-12-35-13-9-18(10-14-35)26(37)38/h5-6,15,18H,4,7-14,16H2,1-3H3,(H,37,38). The van der Waals surface area contributed by atoms with Crippen molar-refractivity contribution < 1.29 is 27.6 Å². The van der Waals surface area contributed by atoms with Gasteiger partial charge in [0.1, 0.15) is 0 Å². The van der Waals surface area contributed by atoms with Gasteiger partial charge in [-0.1, -0.05) is 31.1 Å². The van der Waals surface area contributed by atoms with Crippen LogP contribution in [0.5, 0.6) is 0 Å². The molecule has 0 spiro atoms. The zero-order valence-electron chi connectivity index (χ0n) is 22.5. The molecule has 0 radical (unpaired) electrons. The Morgan fingerprint density at radius 1 is 1.23 bits per heavy atom. The van der Waals surface area contributed by atoms with Gasteiger partial charge in [-0.15, -0.1) is 0 Å². The third-order valence-electron chi connectivity index (χ3n) is 8.10. The number of hydrogen-bond donors (Lipinski definition) is 1. The molecule has 39 heavy (non-hydrogen) atoms. The normalized spacial score (nSPS) is 18.3. The lowest BCUT2D eigenvalue weighted by Gasteiger charge is -2.30. The number of carbonyl (C=O) groups is 1. The lowest BCUT2D eigenvalue weighted by molar-refractivity contribution is -0.143. The highest BCUT2D eigenvalue weighted by Gasteiger charge is 2.35. The van der Waals surface area contributed by atoms with E-state index in [2.05, 4.69) is 24.0 Å². The molecule has 210 valence electrons. The summed E-state index contributed by atoms with van der Waals surface area (Å²) >= 11 is 0. The smallest absolute Gasteiger partial charge is 0.416 e. The molecule has 0 saturated carbocycles. The lowest BCUT2D eigenvalue weighted by atomic mass is 9.76. The summed E-state index contributed by atoms with van der Waals surface area (Å²) in [5, 5.41) is 17.9. The first-order chi connectivity index (χ1) is 18.4. The van der Waals surface area contributed by atoms with Crippen molar-refractivity contribution in [2.45, 2.75) is 72.0 Å². The van der Waals surface area contributed by atoms with Crippen LogP contribution in [0.4, 0.5) is 13.2 Å². The Bertz CT molecular complexity index is 1350. The molecule has 2 aliphatic rings. The molecule has 5 rings (SSSR count). The molecular weight excluding hydrogens is 511 g/mol. The molecule has 1 aromatic carbocycles. The predicted molar refractivity (Wildman–Crippen MR) is 138 cm³/mol. The zero-order valence-corrected chi connectivity index (χ0v) is 22.5. The largest absolute Gasteiger partial charge is 0.481 e. The highest BCUT2D eigenvalue weighted by molar-refractivity contribution is 5.70. The lowest BCUT2D eigenvalue weighted by Crippen LogP contribution is -2.37. The van der Waals surface area contributed by atoms with Gasteiger partial charge in [0, 0.05) is 29.9 Å². The average Bonchev–Trinajstić information content (AvgIpc) is 3.51. The number of halogens is 3. The number of carboxylic acid groups (broad SMARTS) is 1. The van der Waals surface area contributed by atoms with Crippen molar-refractivity contribution in [3.8, 4) is 23.0 Å². The number of alkyl halides is 3. The Kier molecular flexibility index (Phi) is 7.30. The van der Waals surface area contributed by atoms with Gasteiger partial charge in [0.2, 0.25) is 5.82 Å². The summed E-state index contributed by atoms with van der Waals surface area (Å²) < 4.78 is 49.6. The third kappa shape index (κ3) is 5.73. The van der Waals surface area contributed by atoms with Gasteiger partial charge in [-0.3, -0.25) is 9.48 Å². The summed E-state index contributed by atoms with van der Waals surface area (Å²) in [5.74, 6) is -0.875. The van der Waals surface area contributed by atoms with Gasteiger partial charge in [-0.05, 0) is 75.6 Å². The Morgan fingerprint density at radius 2 is 1.97 bits per heavy atom. The molecule has 8 nitrogen and oxygen atoms in total. The fourth-order valence-corrected chi connectivity index (χ4v) is 5.75. The second kappa shape index (κ2) is 10.4. The predicted octanol–water partition coefficient (Wildman–Crippen LogP) is 5.49. The number of fused-ring (bicyclic) bond motifs is 1. The fraction of sp³-hybridized carbons (Fsp3) is 0.571. The molecule has 1 aliphatic heterocycles. The van der Waals surface area contributed by atoms with Crippen LogP contribution in [0.3, 0.4) is 0 Å². The topological polar surface area (TPSA) is 97.3 Å². The molecule has 1 aliphatic carbocycles. The second-order valence-corrected chi connectivity index (χ2v) is 11.4. The van der Waals surface area contributed by atoms with Crippen LogP contribution in [0.2, 0.25) is 0 Å². The number of nitrogens with zero attached hydrogens (tertiary/aromatic N) is 5. The van der Waals surface area contributed by atoms with Crippen LogP contribution in [0.15, 0.2) is 22.7 Å². The van der Waals surface area contributed by atoms with E-state index in [1.165, 1.54) is 6.07 Å². The molecule has 1 N–H and O–H groups in total. The van der Waals surface area contributed by atoms with Gasteiger partial charge >= 0.3 is 12.1 Å². The number of carboxylic acids is 1.